The molecule has 1 saturated carbocycles. The first kappa shape index (κ1) is 16.1. The Morgan fingerprint density at radius 1 is 1.12 bits per heavy atom. The SMILES string of the molecule is Cc1ccc(CN(C(=O)c2cnc(C(=O)O)cn2)C2CC2)cc1C. The molecule has 0 bridgehead atoms. The van der Waals surface area contributed by atoms with Crippen LogP contribution in [0, 0.1) is 13.8 Å². The van der Waals surface area contributed by atoms with Crippen LogP contribution in [0.25, 0.3) is 0 Å². The van der Waals surface area contributed by atoms with E-state index in [0.717, 1.165) is 24.6 Å². The Morgan fingerprint density at radius 2 is 1.79 bits per heavy atom. The van der Waals surface area contributed by atoms with E-state index in [1.165, 1.54) is 17.3 Å². The van der Waals surface area contributed by atoms with E-state index in [2.05, 4.69) is 35.9 Å². The van der Waals surface area contributed by atoms with Crippen LogP contribution in [-0.4, -0.2) is 37.9 Å². The van der Waals surface area contributed by atoms with Gasteiger partial charge in [0, 0.05) is 12.6 Å². The summed E-state index contributed by atoms with van der Waals surface area (Å²) in [5.74, 6) is -1.36. The van der Waals surface area contributed by atoms with Gasteiger partial charge in [-0.25, -0.2) is 14.8 Å². The molecule has 6 heteroatoms. The topological polar surface area (TPSA) is 83.4 Å². The number of carbonyl (C=O) groups excluding carboxylic acids is 1. The maximum Gasteiger partial charge on any atom is 0.356 e. The highest BCUT2D eigenvalue weighted by Gasteiger charge is 2.33. The van der Waals surface area contributed by atoms with E-state index in [0.29, 0.717) is 6.54 Å². The molecule has 1 amide bonds. The third kappa shape index (κ3) is 3.42. The standard InChI is InChI=1S/C18H19N3O3/c1-11-3-4-13(7-12(11)2)10-21(14-5-6-14)17(22)15-8-20-16(9-19-15)18(23)24/h3-4,7-9,14H,5-6,10H2,1-2H3,(H,23,24). The van der Waals surface area contributed by atoms with Crippen molar-refractivity contribution in [3.05, 3.63) is 58.7 Å². The predicted octanol–water partition coefficient (Wildman–Crippen LogP) is 2.60. The number of nitrogens with zero attached hydrogens (tertiary/aromatic N) is 3. The molecule has 1 aromatic heterocycles. The Bertz CT molecular complexity index is 783. The number of carbonyl (C=O) groups is 2. The lowest BCUT2D eigenvalue weighted by atomic mass is 10.1. The predicted molar refractivity (Wildman–Crippen MR) is 87.8 cm³/mol. The minimum Gasteiger partial charge on any atom is -0.476 e. The number of amides is 1. The summed E-state index contributed by atoms with van der Waals surface area (Å²) in [6, 6.07) is 6.41. The van der Waals surface area contributed by atoms with Crippen LogP contribution in [0.1, 0.15) is 50.5 Å². The minimum absolute atomic E-state index is 0.168. The Labute approximate surface area is 140 Å². The zero-order valence-electron chi connectivity index (χ0n) is 13.7. The van der Waals surface area contributed by atoms with Gasteiger partial charge in [-0.05, 0) is 43.4 Å². The lowest BCUT2D eigenvalue weighted by Gasteiger charge is -2.22. The lowest BCUT2D eigenvalue weighted by molar-refractivity contribution is 0.0682. The summed E-state index contributed by atoms with van der Waals surface area (Å²) in [5.41, 5.74) is 3.50. The van der Waals surface area contributed by atoms with E-state index in [9.17, 15) is 9.59 Å². The van der Waals surface area contributed by atoms with Crippen molar-refractivity contribution in [2.75, 3.05) is 0 Å². The van der Waals surface area contributed by atoms with Crippen LogP contribution < -0.4 is 0 Å². The zero-order valence-corrected chi connectivity index (χ0v) is 13.7. The number of aromatic nitrogens is 2. The molecule has 124 valence electrons. The zero-order chi connectivity index (χ0) is 17.3. The Kier molecular flexibility index (Phi) is 4.29. The number of rotatable bonds is 5. The number of hydrogen-bond donors (Lipinski definition) is 1. The van der Waals surface area contributed by atoms with Gasteiger partial charge in [0.2, 0.25) is 0 Å². The van der Waals surface area contributed by atoms with Crippen molar-refractivity contribution in [1.82, 2.24) is 14.9 Å². The highest BCUT2D eigenvalue weighted by molar-refractivity contribution is 5.93. The normalized spacial score (nSPS) is 13.6. The second kappa shape index (κ2) is 6.39. The smallest absolute Gasteiger partial charge is 0.356 e. The molecule has 2 aromatic rings. The molecular weight excluding hydrogens is 306 g/mol. The number of aryl methyl sites for hydroxylation is 2. The molecular formula is C18H19N3O3. The van der Waals surface area contributed by atoms with Crippen molar-refractivity contribution < 1.29 is 14.7 Å². The van der Waals surface area contributed by atoms with Crippen LogP contribution in [0.2, 0.25) is 0 Å². The fourth-order valence-corrected chi connectivity index (χ4v) is 2.55. The fourth-order valence-electron chi connectivity index (χ4n) is 2.55. The Hall–Kier alpha value is -2.76. The van der Waals surface area contributed by atoms with Gasteiger partial charge >= 0.3 is 5.97 Å². The average Bonchev–Trinajstić information content (AvgIpc) is 3.40. The first-order valence-electron chi connectivity index (χ1n) is 7.88. The number of carboxylic acid groups (broad SMARTS) is 1. The summed E-state index contributed by atoms with van der Waals surface area (Å²) in [7, 11) is 0. The van der Waals surface area contributed by atoms with Gasteiger partial charge in [0.15, 0.2) is 5.69 Å². The van der Waals surface area contributed by atoms with Gasteiger partial charge in [-0.3, -0.25) is 4.79 Å². The van der Waals surface area contributed by atoms with Crippen molar-refractivity contribution in [3.63, 3.8) is 0 Å². The maximum absolute atomic E-state index is 12.7. The van der Waals surface area contributed by atoms with E-state index in [-0.39, 0.29) is 23.3 Å². The van der Waals surface area contributed by atoms with Gasteiger partial charge in [0.25, 0.3) is 5.91 Å². The molecule has 1 aromatic carbocycles. The highest BCUT2D eigenvalue weighted by atomic mass is 16.4. The summed E-state index contributed by atoms with van der Waals surface area (Å²) >= 11 is 0. The molecule has 1 aliphatic carbocycles. The molecule has 0 saturated heterocycles. The molecule has 6 nitrogen and oxygen atoms in total. The van der Waals surface area contributed by atoms with Crippen LogP contribution in [-0.2, 0) is 6.54 Å². The van der Waals surface area contributed by atoms with Gasteiger partial charge in [0.05, 0.1) is 12.4 Å². The number of aromatic carboxylic acids is 1. The molecule has 0 radical (unpaired) electrons. The van der Waals surface area contributed by atoms with Crippen molar-refractivity contribution in [2.24, 2.45) is 0 Å². The maximum atomic E-state index is 12.7. The van der Waals surface area contributed by atoms with Gasteiger partial charge in [-0.1, -0.05) is 18.2 Å². The minimum atomic E-state index is -1.16. The summed E-state index contributed by atoms with van der Waals surface area (Å²) < 4.78 is 0. The molecule has 3 rings (SSSR count). The number of benzene rings is 1. The van der Waals surface area contributed by atoms with Crippen LogP contribution >= 0.6 is 0 Å². The van der Waals surface area contributed by atoms with Gasteiger partial charge in [-0.15, -0.1) is 0 Å². The lowest BCUT2D eigenvalue weighted by Crippen LogP contribution is -2.33. The molecule has 24 heavy (non-hydrogen) atoms. The van der Waals surface area contributed by atoms with E-state index in [1.54, 1.807) is 4.90 Å². The highest BCUT2D eigenvalue weighted by Crippen LogP contribution is 2.29. The summed E-state index contributed by atoms with van der Waals surface area (Å²) in [4.78, 5) is 33.1. The molecule has 0 aliphatic heterocycles. The van der Waals surface area contributed by atoms with Crippen molar-refractivity contribution in [3.8, 4) is 0 Å². The van der Waals surface area contributed by atoms with Crippen LogP contribution in [0.4, 0.5) is 0 Å². The summed E-state index contributed by atoms with van der Waals surface area (Å²) in [5, 5.41) is 8.87. The Balaban J connectivity index is 1.81. The third-order valence-corrected chi connectivity index (χ3v) is 4.26. The van der Waals surface area contributed by atoms with Gasteiger partial charge < -0.3 is 10.0 Å². The molecule has 0 unspecified atom stereocenters. The van der Waals surface area contributed by atoms with E-state index >= 15 is 0 Å². The summed E-state index contributed by atoms with van der Waals surface area (Å²) in [6.45, 7) is 4.63. The number of carboxylic acids is 1. The largest absolute Gasteiger partial charge is 0.476 e. The van der Waals surface area contributed by atoms with Gasteiger partial charge in [-0.2, -0.15) is 0 Å². The molecule has 1 heterocycles. The van der Waals surface area contributed by atoms with Gasteiger partial charge in [0.1, 0.15) is 5.69 Å². The fraction of sp³-hybridized carbons (Fsp3) is 0.333. The molecule has 0 atom stereocenters. The molecule has 1 aliphatic rings. The van der Waals surface area contributed by atoms with E-state index in [4.69, 9.17) is 5.11 Å². The van der Waals surface area contributed by atoms with Crippen LogP contribution in [0.15, 0.2) is 30.6 Å². The monoisotopic (exact) mass is 325 g/mol. The second-order valence-corrected chi connectivity index (χ2v) is 6.17. The van der Waals surface area contributed by atoms with Crippen molar-refractivity contribution >= 4 is 11.9 Å². The van der Waals surface area contributed by atoms with E-state index < -0.39 is 5.97 Å². The molecule has 0 spiro atoms. The summed E-state index contributed by atoms with van der Waals surface area (Å²) in [6.07, 6.45) is 4.33. The first-order chi connectivity index (χ1) is 11.5. The second-order valence-electron chi connectivity index (χ2n) is 6.17. The van der Waals surface area contributed by atoms with Crippen LogP contribution in [0.3, 0.4) is 0 Å². The molecule has 1 fully saturated rings. The van der Waals surface area contributed by atoms with E-state index in [1.807, 2.05) is 6.07 Å². The molecule has 1 N–H and O–H groups in total. The van der Waals surface area contributed by atoms with Crippen LogP contribution in [0.5, 0.6) is 0 Å². The third-order valence-electron chi connectivity index (χ3n) is 4.26. The Morgan fingerprint density at radius 3 is 2.33 bits per heavy atom. The van der Waals surface area contributed by atoms with Crippen molar-refractivity contribution in [1.29, 1.82) is 0 Å². The quantitative estimate of drug-likeness (QED) is 0.913. The van der Waals surface area contributed by atoms with Crippen molar-refractivity contribution in [2.45, 2.75) is 39.3 Å². The first-order valence-corrected chi connectivity index (χ1v) is 7.88. The number of hydrogen-bond acceptors (Lipinski definition) is 4. The average molecular weight is 325 g/mol.